The molecule has 47 heavy (non-hydrogen) atoms. The number of phenols is 1. The Hall–Kier alpha value is -4.20. The number of aryl methyl sites for hydroxylation is 2. The van der Waals surface area contributed by atoms with E-state index < -0.39 is 12.2 Å². The molecule has 6 rings (SSSR count). The molecule has 252 valence electrons. The molecule has 3 saturated heterocycles. The van der Waals surface area contributed by atoms with Gasteiger partial charge in [-0.2, -0.15) is 0 Å². The first-order valence-corrected chi connectivity index (χ1v) is 16.5. The van der Waals surface area contributed by atoms with Gasteiger partial charge in [0.05, 0.1) is 51.5 Å². The summed E-state index contributed by atoms with van der Waals surface area (Å²) in [5.74, 6) is 0.362. The molecule has 0 aliphatic carbocycles. The first kappa shape index (κ1) is 32.7. The zero-order valence-electron chi connectivity index (χ0n) is 27.1. The van der Waals surface area contributed by atoms with E-state index in [1.807, 2.05) is 30.3 Å². The van der Waals surface area contributed by atoms with Crippen LogP contribution in [-0.4, -0.2) is 111 Å². The summed E-state index contributed by atoms with van der Waals surface area (Å²) >= 11 is 0. The van der Waals surface area contributed by atoms with Gasteiger partial charge in [-0.1, -0.05) is 42.5 Å². The Kier molecular flexibility index (Phi) is 9.67. The van der Waals surface area contributed by atoms with Gasteiger partial charge in [-0.15, -0.1) is 5.10 Å². The fraction of sp³-hybridized carbons (Fsp3) is 0.529. The fourth-order valence-corrected chi connectivity index (χ4v) is 7.10. The summed E-state index contributed by atoms with van der Waals surface area (Å²) in [6.45, 7) is 6.60. The van der Waals surface area contributed by atoms with Crippen molar-refractivity contribution in [1.82, 2.24) is 24.6 Å². The van der Waals surface area contributed by atoms with Crippen molar-refractivity contribution >= 4 is 12.0 Å². The Morgan fingerprint density at radius 2 is 1.66 bits per heavy atom. The second-order valence-electron chi connectivity index (χ2n) is 13.0. The number of aromatic nitrogens is 3. The number of aromatic hydroxyl groups is 1. The highest BCUT2D eigenvalue weighted by Crippen LogP contribution is 2.28. The number of quaternary nitrogens is 1. The van der Waals surface area contributed by atoms with E-state index in [0.29, 0.717) is 69.2 Å². The van der Waals surface area contributed by atoms with Gasteiger partial charge < -0.3 is 34.2 Å². The van der Waals surface area contributed by atoms with Crippen molar-refractivity contribution in [2.75, 3.05) is 52.5 Å². The van der Waals surface area contributed by atoms with Crippen LogP contribution in [0, 0.1) is 19.1 Å². The van der Waals surface area contributed by atoms with Crippen molar-refractivity contribution in [2.45, 2.75) is 64.1 Å². The molecule has 1 atom stereocenters. The van der Waals surface area contributed by atoms with Crippen molar-refractivity contribution in [3.63, 3.8) is 0 Å². The van der Waals surface area contributed by atoms with Crippen LogP contribution < -0.4 is 5.69 Å². The van der Waals surface area contributed by atoms with E-state index in [1.54, 1.807) is 35.8 Å². The van der Waals surface area contributed by atoms with Gasteiger partial charge in [-0.3, -0.25) is 9.78 Å². The molecule has 0 unspecified atom stereocenters. The Morgan fingerprint density at radius 3 is 2.30 bits per heavy atom. The number of piperazine rings is 1. The molecular formula is C34H44N6O7. The van der Waals surface area contributed by atoms with Crippen LogP contribution in [0.1, 0.15) is 48.4 Å². The highest BCUT2D eigenvalue weighted by Gasteiger charge is 2.39. The number of piperidine rings is 1. The number of nitrogens with one attached hydrogen (secondary N) is 1. The zero-order valence-corrected chi connectivity index (χ0v) is 27.1. The van der Waals surface area contributed by atoms with Crippen LogP contribution in [0.2, 0.25) is 0 Å². The van der Waals surface area contributed by atoms with Crippen LogP contribution in [0.15, 0.2) is 47.3 Å². The van der Waals surface area contributed by atoms with Gasteiger partial charge in [0.2, 0.25) is 0 Å². The summed E-state index contributed by atoms with van der Waals surface area (Å²) < 4.78 is 12.5. The van der Waals surface area contributed by atoms with E-state index in [9.17, 15) is 24.7 Å². The largest absolute Gasteiger partial charge is 0.632 e. The standard InChI is InChI=1S/C34H44N6O7/c1-23-20-25(21-24(2)30(23)41)22-29(32(42)37-14-16-40(45,17-15-37)28-10-18-46-19-11-28)47-34(44)38-12-8-27(9-13-38)39-33(43)35-31(36-39)26-6-4-3-5-7-26/h3-7,20-21,27-29,41H,8-19,22H2,1-2H3,(H,35,36,43)/t29-/m1/s1. The molecule has 2 N–H and O–H groups in total. The molecule has 3 aromatic rings. The number of nitrogens with zero attached hydrogens (tertiary/aromatic N) is 5. The van der Waals surface area contributed by atoms with E-state index in [4.69, 9.17) is 9.47 Å². The number of rotatable bonds is 7. The lowest BCUT2D eigenvalue weighted by Gasteiger charge is -2.54. The van der Waals surface area contributed by atoms with Crippen LogP contribution in [0.5, 0.6) is 5.75 Å². The van der Waals surface area contributed by atoms with Gasteiger partial charge in [0.15, 0.2) is 11.9 Å². The third-order valence-electron chi connectivity index (χ3n) is 9.91. The van der Waals surface area contributed by atoms with Crippen molar-refractivity contribution in [3.05, 3.63) is 74.8 Å². The van der Waals surface area contributed by atoms with E-state index in [2.05, 4.69) is 10.1 Å². The number of phenolic OH excluding ortho intramolecular Hbond substituents is 1. The van der Waals surface area contributed by atoms with Gasteiger partial charge in [-0.05, 0) is 43.4 Å². The number of carbonyl (C=O) groups is 2. The monoisotopic (exact) mass is 648 g/mol. The maximum absolute atomic E-state index is 13.9. The van der Waals surface area contributed by atoms with Crippen LogP contribution >= 0.6 is 0 Å². The lowest BCUT2D eigenvalue weighted by Crippen LogP contribution is -2.63. The summed E-state index contributed by atoms with van der Waals surface area (Å²) in [5, 5.41) is 28.4. The molecular weight excluding hydrogens is 604 g/mol. The number of H-pyrrole nitrogens is 1. The normalized spacial score (nSPS) is 19.8. The van der Waals surface area contributed by atoms with Crippen molar-refractivity contribution in [1.29, 1.82) is 0 Å². The fourth-order valence-electron chi connectivity index (χ4n) is 7.10. The second-order valence-corrected chi connectivity index (χ2v) is 13.0. The van der Waals surface area contributed by atoms with E-state index in [0.717, 1.165) is 24.0 Å². The van der Waals surface area contributed by atoms with Crippen LogP contribution in [-0.2, 0) is 20.7 Å². The molecule has 3 fully saturated rings. The van der Waals surface area contributed by atoms with Crippen LogP contribution in [0.25, 0.3) is 11.4 Å². The first-order valence-electron chi connectivity index (χ1n) is 16.5. The highest BCUT2D eigenvalue weighted by atomic mass is 16.6. The molecule has 3 aliphatic rings. The number of benzene rings is 2. The maximum atomic E-state index is 13.9. The van der Waals surface area contributed by atoms with Crippen molar-refractivity contribution < 1.29 is 28.8 Å². The minimum Gasteiger partial charge on any atom is -0.632 e. The van der Waals surface area contributed by atoms with E-state index >= 15 is 0 Å². The Bertz CT molecular complexity index is 1590. The number of likely N-dealkylation sites (tertiary alicyclic amines) is 1. The predicted molar refractivity (Wildman–Crippen MR) is 173 cm³/mol. The Morgan fingerprint density at radius 1 is 1.02 bits per heavy atom. The molecule has 0 bridgehead atoms. The smallest absolute Gasteiger partial charge is 0.410 e. The van der Waals surface area contributed by atoms with Gasteiger partial charge >= 0.3 is 11.8 Å². The molecule has 0 saturated carbocycles. The number of hydrogen-bond donors (Lipinski definition) is 2. The average molecular weight is 649 g/mol. The molecule has 0 spiro atoms. The minimum absolute atomic E-state index is 0.0252. The lowest BCUT2D eigenvalue weighted by molar-refractivity contribution is -0.910. The number of ether oxygens (including phenoxy) is 2. The zero-order chi connectivity index (χ0) is 33.1. The molecule has 3 aliphatic heterocycles. The number of aromatic amines is 1. The third kappa shape index (κ3) is 7.21. The molecule has 1 aromatic heterocycles. The van der Waals surface area contributed by atoms with Crippen molar-refractivity contribution in [3.8, 4) is 17.1 Å². The number of carbonyl (C=O) groups excluding carboxylic acids is 2. The molecule has 13 heteroatoms. The summed E-state index contributed by atoms with van der Waals surface area (Å²) in [5.41, 5.74) is 2.63. The minimum atomic E-state index is -1.10. The van der Waals surface area contributed by atoms with Crippen LogP contribution in [0.3, 0.4) is 0 Å². The summed E-state index contributed by atoms with van der Waals surface area (Å²) in [7, 11) is 0. The van der Waals surface area contributed by atoms with E-state index in [-0.39, 0.29) is 53.6 Å². The SMILES string of the molecule is Cc1cc(C[C@@H](OC(=O)N2CCC(n3nc(-c4ccccc4)[nH]c3=O)CC2)C(=O)N2CC[N+]([O-])(C3CCOCC3)CC2)cc(C)c1O. The topological polar surface area (TPSA) is 153 Å². The van der Waals surface area contributed by atoms with Gasteiger partial charge in [0.25, 0.3) is 5.91 Å². The maximum Gasteiger partial charge on any atom is 0.410 e. The Labute approximate surface area is 273 Å². The molecule has 4 heterocycles. The quantitative estimate of drug-likeness (QED) is 0.293. The molecule has 2 amide bonds. The summed E-state index contributed by atoms with van der Waals surface area (Å²) in [6.07, 6.45) is 0.896. The summed E-state index contributed by atoms with van der Waals surface area (Å²) in [4.78, 5) is 46.2. The van der Waals surface area contributed by atoms with Crippen LogP contribution in [0.4, 0.5) is 4.79 Å². The van der Waals surface area contributed by atoms with Gasteiger partial charge in [0.1, 0.15) is 5.75 Å². The molecule has 2 aromatic carbocycles. The number of hydrogen-bond acceptors (Lipinski definition) is 8. The van der Waals surface area contributed by atoms with Gasteiger partial charge in [0, 0.05) is 37.9 Å². The predicted octanol–water partition coefficient (Wildman–Crippen LogP) is 3.28. The summed E-state index contributed by atoms with van der Waals surface area (Å²) in [6, 6.07) is 12.8. The third-order valence-corrected chi connectivity index (χ3v) is 9.91. The number of amides is 2. The molecule has 13 nitrogen and oxygen atoms in total. The average Bonchev–Trinajstić information content (AvgIpc) is 3.49. The Balaban J connectivity index is 1.12. The molecule has 0 radical (unpaired) electrons. The van der Waals surface area contributed by atoms with E-state index in [1.165, 1.54) is 4.68 Å². The van der Waals surface area contributed by atoms with Gasteiger partial charge in [-0.25, -0.2) is 14.3 Å². The highest BCUT2D eigenvalue weighted by molar-refractivity contribution is 5.84. The number of hydroxylamine groups is 3. The van der Waals surface area contributed by atoms with Crippen molar-refractivity contribution in [2.24, 2.45) is 0 Å². The first-order chi connectivity index (χ1) is 22.6. The second kappa shape index (κ2) is 13.9. The lowest BCUT2D eigenvalue weighted by atomic mass is 10.00.